The highest BCUT2D eigenvalue weighted by Crippen LogP contribution is 2.34. The van der Waals surface area contributed by atoms with E-state index in [0.29, 0.717) is 28.0 Å². The molecule has 0 spiro atoms. The van der Waals surface area contributed by atoms with Crippen LogP contribution in [0.1, 0.15) is 12.5 Å². The van der Waals surface area contributed by atoms with Gasteiger partial charge < -0.3 is 4.74 Å². The quantitative estimate of drug-likeness (QED) is 0.614. The SMILES string of the molecule is CCOc1c(Cl)cc(/C=C/[N+](=O)[O-])cc1Cl. The first-order valence-electron chi connectivity index (χ1n) is 4.48. The summed E-state index contributed by atoms with van der Waals surface area (Å²) in [6.07, 6.45) is 2.13. The summed E-state index contributed by atoms with van der Waals surface area (Å²) in [6, 6.07) is 3.11. The first-order valence-corrected chi connectivity index (χ1v) is 5.23. The van der Waals surface area contributed by atoms with Crippen molar-refractivity contribution in [1.82, 2.24) is 0 Å². The third kappa shape index (κ3) is 3.40. The zero-order valence-electron chi connectivity index (χ0n) is 8.44. The van der Waals surface area contributed by atoms with Gasteiger partial charge in [0.1, 0.15) is 0 Å². The van der Waals surface area contributed by atoms with Crippen molar-refractivity contribution in [3.05, 3.63) is 44.1 Å². The molecule has 0 aromatic heterocycles. The summed E-state index contributed by atoms with van der Waals surface area (Å²) in [4.78, 5) is 9.58. The van der Waals surface area contributed by atoms with Crippen LogP contribution in [0.3, 0.4) is 0 Å². The van der Waals surface area contributed by atoms with Crippen molar-refractivity contribution >= 4 is 29.3 Å². The number of hydrogen-bond donors (Lipinski definition) is 0. The van der Waals surface area contributed by atoms with Crippen LogP contribution in [-0.2, 0) is 0 Å². The molecule has 0 saturated heterocycles. The molecule has 1 aromatic carbocycles. The minimum atomic E-state index is -0.557. The van der Waals surface area contributed by atoms with Gasteiger partial charge in [-0.3, -0.25) is 10.1 Å². The van der Waals surface area contributed by atoms with Crippen LogP contribution in [0.4, 0.5) is 0 Å². The summed E-state index contributed by atoms with van der Waals surface area (Å²) in [7, 11) is 0. The molecule has 0 heterocycles. The molecule has 0 unspecified atom stereocenters. The van der Waals surface area contributed by atoms with Crippen LogP contribution in [0.5, 0.6) is 5.75 Å². The van der Waals surface area contributed by atoms with Gasteiger partial charge in [-0.1, -0.05) is 23.2 Å². The molecular formula is C10H9Cl2NO3. The van der Waals surface area contributed by atoms with Gasteiger partial charge in [-0.15, -0.1) is 0 Å². The van der Waals surface area contributed by atoms with Crippen molar-refractivity contribution < 1.29 is 9.66 Å². The molecule has 0 aliphatic rings. The van der Waals surface area contributed by atoms with E-state index in [9.17, 15) is 10.1 Å². The number of halogens is 2. The van der Waals surface area contributed by atoms with Gasteiger partial charge in [-0.05, 0) is 24.6 Å². The van der Waals surface area contributed by atoms with Gasteiger partial charge in [0.15, 0.2) is 5.75 Å². The minimum absolute atomic E-state index is 0.331. The lowest BCUT2D eigenvalue weighted by atomic mass is 10.2. The Labute approximate surface area is 103 Å². The van der Waals surface area contributed by atoms with Crippen LogP contribution in [0.2, 0.25) is 10.0 Å². The molecule has 16 heavy (non-hydrogen) atoms. The van der Waals surface area contributed by atoms with E-state index >= 15 is 0 Å². The second-order valence-electron chi connectivity index (χ2n) is 2.85. The smallest absolute Gasteiger partial charge is 0.235 e. The van der Waals surface area contributed by atoms with Crippen molar-refractivity contribution in [3.8, 4) is 5.75 Å². The number of rotatable bonds is 4. The molecule has 0 saturated carbocycles. The number of hydrogen-bond acceptors (Lipinski definition) is 3. The second-order valence-corrected chi connectivity index (χ2v) is 3.66. The van der Waals surface area contributed by atoms with Crippen LogP contribution in [0.25, 0.3) is 6.08 Å². The van der Waals surface area contributed by atoms with Crippen molar-refractivity contribution in [1.29, 1.82) is 0 Å². The van der Waals surface area contributed by atoms with Crippen molar-refractivity contribution in [2.75, 3.05) is 6.61 Å². The fourth-order valence-corrected chi connectivity index (χ4v) is 1.72. The van der Waals surface area contributed by atoms with Crippen LogP contribution in [0, 0.1) is 10.1 Å². The number of nitrogens with zero attached hydrogens (tertiary/aromatic N) is 1. The molecule has 0 N–H and O–H groups in total. The molecule has 0 amide bonds. The maximum absolute atomic E-state index is 10.1. The highest BCUT2D eigenvalue weighted by molar-refractivity contribution is 6.37. The van der Waals surface area contributed by atoms with Crippen molar-refractivity contribution in [2.24, 2.45) is 0 Å². The normalized spacial score (nSPS) is 10.7. The molecular weight excluding hydrogens is 253 g/mol. The molecule has 4 nitrogen and oxygen atoms in total. The van der Waals surface area contributed by atoms with Crippen molar-refractivity contribution in [3.63, 3.8) is 0 Å². The van der Waals surface area contributed by atoms with Gasteiger partial charge in [0.2, 0.25) is 6.20 Å². The van der Waals surface area contributed by atoms with Crippen LogP contribution >= 0.6 is 23.2 Å². The Balaban J connectivity index is 3.04. The lowest BCUT2D eigenvalue weighted by Crippen LogP contribution is -1.93. The molecule has 1 rings (SSSR count). The minimum Gasteiger partial charge on any atom is -0.491 e. The molecule has 0 radical (unpaired) electrons. The summed E-state index contributed by atoms with van der Waals surface area (Å²) in [5.41, 5.74) is 0.551. The van der Waals surface area contributed by atoms with Crippen LogP contribution in [-0.4, -0.2) is 11.5 Å². The van der Waals surface area contributed by atoms with Gasteiger partial charge >= 0.3 is 0 Å². The third-order valence-electron chi connectivity index (χ3n) is 1.70. The van der Waals surface area contributed by atoms with E-state index in [1.807, 2.05) is 6.92 Å². The number of benzene rings is 1. The molecule has 86 valence electrons. The van der Waals surface area contributed by atoms with Gasteiger partial charge in [0.25, 0.3) is 0 Å². The first-order chi connectivity index (χ1) is 7.54. The Hall–Kier alpha value is -1.26. The highest BCUT2D eigenvalue weighted by atomic mass is 35.5. The Morgan fingerprint density at radius 2 is 2.00 bits per heavy atom. The molecule has 0 fully saturated rings. The maximum atomic E-state index is 10.1. The molecule has 0 atom stereocenters. The predicted octanol–water partition coefficient (Wildman–Crippen LogP) is 3.64. The molecule has 0 aliphatic carbocycles. The summed E-state index contributed by atoms with van der Waals surface area (Å²) in [5, 5.41) is 10.8. The summed E-state index contributed by atoms with van der Waals surface area (Å²) < 4.78 is 5.23. The van der Waals surface area contributed by atoms with E-state index in [0.717, 1.165) is 6.20 Å². The zero-order chi connectivity index (χ0) is 12.1. The van der Waals surface area contributed by atoms with Gasteiger partial charge in [0.05, 0.1) is 21.6 Å². The lowest BCUT2D eigenvalue weighted by molar-refractivity contribution is -0.400. The Morgan fingerprint density at radius 1 is 1.44 bits per heavy atom. The fourth-order valence-electron chi connectivity index (χ4n) is 1.10. The van der Waals surface area contributed by atoms with Crippen molar-refractivity contribution in [2.45, 2.75) is 6.92 Å². The Kier molecular flexibility index (Phi) is 4.58. The lowest BCUT2D eigenvalue weighted by Gasteiger charge is -2.08. The topological polar surface area (TPSA) is 52.4 Å². The van der Waals surface area contributed by atoms with E-state index in [2.05, 4.69) is 0 Å². The van der Waals surface area contributed by atoms with E-state index < -0.39 is 4.92 Å². The molecule has 0 bridgehead atoms. The summed E-state index contributed by atoms with van der Waals surface area (Å²) in [6.45, 7) is 2.26. The molecule has 6 heteroatoms. The monoisotopic (exact) mass is 261 g/mol. The third-order valence-corrected chi connectivity index (χ3v) is 2.26. The van der Waals surface area contributed by atoms with E-state index in [-0.39, 0.29) is 0 Å². The van der Waals surface area contributed by atoms with Gasteiger partial charge in [-0.2, -0.15) is 0 Å². The first kappa shape index (κ1) is 12.8. The fraction of sp³-hybridized carbons (Fsp3) is 0.200. The van der Waals surface area contributed by atoms with Crippen LogP contribution < -0.4 is 4.74 Å². The highest BCUT2D eigenvalue weighted by Gasteiger charge is 2.08. The Bertz CT molecular complexity index is 409. The van der Waals surface area contributed by atoms with E-state index in [1.165, 1.54) is 6.08 Å². The van der Waals surface area contributed by atoms with E-state index in [4.69, 9.17) is 27.9 Å². The predicted molar refractivity (Wildman–Crippen MR) is 63.7 cm³/mol. The largest absolute Gasteiger partial charge is 0.491 e. The van der Waals surface area contributed by atoms with Gasteiger partial charge in [0, 0.05) is 6.08 Å². The number of nitro groups is 1. The summed E-state index contributed by atoms with van der Waals surface area (Å²) >= 11 is 11.8. The zero-order valence-corrected chi connectivity index (χ0v) is 9.96. The number of ether oxygens (including phenoxy) is 1. The van der Waals surface area contributed by atoms with E-state index in [1.54, 1.807) is 12.1 Å². The Morgan fingerprint density at radius 3 is 2.44 bits per heavy atom. The molecule has 1 aromatic rings. The van der Waals surface area contributed by atoms with Gasteiger partial charge in [-0.25, -0.2) is 0 Å². The standard InChI is InChI=1S/C10H9Cl2NO3/c1-2-16-10-8(11)5-7(6-9(10)12)3-4-13(14)15/h3-6H,2H2,1H3/b4-3+. The second kappa shape index (κ2) is 5.72. The van der Waals surface area contributed by atoms with Crippen LogP contribution in [0.15, 0.2) is 18.3 Å². The average molecular weight is 262 g/mol. The maximum Gasteiger partial charge on any atom is 0.235 e. The summed E-state index contributed by atoms with van der Waals surface area (Å²) in [5.74, 6) is 0.393. The average Bonchev–Trinajstić information content (AvgIpc) is 2.20. The molecule has 0 aliphatic heterocycles.